The van der Waals surface area contributed by atoms with E-state index in [1.54, 1.807) is 7.11 Å². The smallest absolute Gasteiger partial charge is 0.268 e. The zero-order valence-electron chi connectivity index (χ0n) is 17.4. The Morgan fingerprint density at radius 2 is 1.91 bits per heavy atom. The normalized spacial score (nSPS) is 13.8. The minimum atomic E-state index is -0.592. The number of benzene rings is 2. The van der Waals surface area contributed by atoms with Gasteiger partial charge in [-0.2, -0.15) is 0 Å². The highest BCUT2D eigenvalue weighted by Gasteiger charge is 2.30. The number of H-pyrrole nitrogens is 1. The van der Waals surface area contributed by atoms with Crippen molar-refractivity contribution in [3.05, 3.63) is 81.9 Å². The molecule has 1 fully saturated rings. The second-order valence-corrected chi connectivity index (χ2v) is 8.99. The second kappa shape index (κ2) is 8.44. The Morgan fingerprint density at radius 3 is 2.59 bits per heavy atom. The quantitative estimate of drug-likeness (QED) is 0.423. The van der Waals surface area contributed by atoms with Crippen LogP contribution in [0.25, 0.3) is 20.7 Å². The molecule has 0 atom stereocenters. The van der Waals surface area contributed by atoms with Gasteiger partial charge in [0.15, 0.2) is 0 Å². The van der Waals surface area contributed by atoms with E-state index in [-0.39, 0.29) is 5.56 Å². The molecule has 0 spiro atoms. The highest BCUT2D eigenvalue weighted by Crippen LogP contribution is 2.33. The Kier molecular flexibility index (Phi) is 5.48. The number of rotatable bonds is 7. The van der Waals surface area contributed by atoms with Gasteiger partial charge in [-0.1, -0.05) is 6.07 Å². The zero-order valence-corrected chi connectivity index (χ0v) is 18.2. The first-order valence-corrected chi connectivity index (χ1v) is 11.2. The van der Waals surface area contributed by atoms with E-state index in [9.17, 15) is 13.6 Å². The molecule has 0 saturated heterocycles. The van der Waals surface area contributed by atoms with E-state index in [1.165, 1.54) is 23.5 Å². The number of nitrogens with one attached hydrogen (secondary N) is 1. The number of methoxy groups -OCH3 is 1. The summed E-state index contributed by atoms with van der Waals surface area (Å²) in [7, 11) is 1.62. The maximum Gasteiger partial charge on any atom is 0.268 e. The van der Waals surface area contributed by atoms with Gasteiger partial charge in [-0.05, 0) is 54.8 Å². The highest BCUT2D eigenvalue weighted by molar-refractivity contribution is 7.22. The summed E-state index contributed by atoms with van der Waals surface area (Å²) in [6, 6.07) is 13.5. The Hall–Kier alpha value is -3.10. The van der Waals surface area contributed by atoms with E-state index in [0.29, 0.717) is 40.7 Å². The SMILES string of the molecule is COc1ccc(-c2cc3nc(CN(Cc4ccc(F)cc4F)C4CC4)[nH]c(=O)c3s2)cc1. The topological polar surface area (TPSA) is 58.2 Å². The van der Waals surface area contributed by atoms with Crippen LogP contribution in [0.1, 0.15) is 24.2 Å². The van der Waals surface area contributed by atoms with Crippen molar-refractivity contribution >= 4 is 21.6 Å². The van der Waals surface area contributed by atoms with Gasteiger partial charge in [0.05, 0.1) is 19.2 Å². The summed E-state index contributed by atoms with van der Waals surface area (Å²) in [6.45, 7) is 0.722. The number of aromatic nitrogens is 2. The number of ether oxygens (including phenoxy) is 1. The molecule has 4 aromatic rings. The molecule has 1 aliphatic carbocycles. The van der Waals surface area contributed by atoms with Gasteiger partial charge in [-0.3, -0.25) is 9.69 Å². The van der Waals surface area contributed by atoms with Crippen LogP contribution in [0.4, 0.5) is 8.78 Å². The molecule has 1 saturated carbocycles. The van der Waals surface area contributed by atoms with Gasteiger partial charge in [0.1, 0.15) is 27.9 Å². The number of halogens is 2. The summed E-state index contributed by atoms with van der Waals surface area (Å²) in [5, 5.41) is 0. The Morgan fingerprint density at radius 1 is 1.12 bits per heavy atom. The lowest BCUT2D eigenvalue weighted by Gasteiger charge is -2.21. The predicted molar refractivity (Wildman–Crippen MR) is 121 cm³/mol. The first kappa shape index (κ1) is 20.8. The lowest BCUT2D eigenvalue weighted by atomic mass is 10.2. The van der Waals surface area contributed by atoms with Crippen LogP contribution in [0.3, 0.4) is 0 Å². The fraction of sp³-hybridized carbons (Fsp3) is 0.250. The summed E-state index contributed by atoms with van der Waals surface area (Å²) >= 11 is 1.40. The molecule has 2 aromatic carbocycles. The van der Waals surface area contributed by atoms with Crippen molar-refractivity contribution in [1.29, 1.82) is 0 Å². The molecule has 0 amide bonds. The van der Waals surface area contributed by atoms with Crippen molar-refractivity contribution in [2.75, 3.05) is 7.11 Å². The number of hydrogen-bond donors (Lipinski definition) is 1. The fourth-order valence-electron chi connectivity index (χ4n) is 3.78. The summed E-state index contributed by atoms with van der Waals surface area (Å²) < 4.78 is 33.2. The molecule has 1 N–H and O–H groups in total. The van der Waals surface area contributed by atoms with Gasteiger partial charge in [0.2, 0.25) is 0 Å². The second-order valence-electron chi connectivity index (χ2n) is 7.94. The number of hydrogen-bond acceptors (Lipinski definition) is 5. The van der Waals surface area contributed by atoms with Crippen LogP contribution < -0.4 is 10.3 Å². The average Bonchev–Trinajstić information content (AvgIpc) is 3.54. The first-order chi connectivity index (χ1) is 15.5. The van der Waals surface area contributed by atoms with E-state index in [2.05, 4.69) is 14.9 Å². The van der Waals surface area contributed by atoms with Crippen LogP contribution >= 0.6 is 11.3 Å². The Bertz CT molecular complexity index is 1330. The van der Waals surface area contributed by atoms with Gasteiger partial charge >= 0.3 is 0 Å². The molecule has 0 unspecified atom stereocenters. The summed E-state index contributed by atoms with van der Waals surface area (Å²) in [4.78, 5) is 23.3. The number of nitrogens with zero attached hydrogens (tertiary/aromatic N) is 2. The number of aromatic amines is 1. The van der Waals surface area contributed by atoms with Crippen molar-refractivity contribution < 1.29 is 13.5 Å². The average molecular weight is 454 g/mol. The van der Waals surface area contributed by atoms with Gasteiger partial charge in [-0.25, -0.2) is 13.8 Å². The van der Waals surface area contributed by atoms with Crippen molar-refractivity contribution in [3.63, 3.8) is 0 Å². The third-order valence-corrected chi connectivity index (χ3v) is 6.78. The lowest BCUT2D eigenvalue weighted by molar-refractivity contribution is 0.236. The summed E-state index contributed by atoms with van der Waals surface area (Å²) in [6.07, 6.45) is 2.02. The Balaban J connectivity index is 1.42. The molecular weight excluding hydrogens is 432 g/mol. The Labute approximate surface area is 187 Å². The molecule has 2 heterocycles. The van der Waals surface area contributed by atoms with Crippen LogP contribution in [-0.4, -0.2) is 28.0 Å². The van der Waals surface area contributed by atoms with Crippen LogP contribution in [0.5, 0.6) is 5.75 Å². The zero-order chi connectivity index (χ0) is 22.2. The summed E-state index contributed by atoms with van der Waals surface area (Å²) in [5.74, 6) is 0.155. The van der Waals surface area contributed by atoms with Crippen LogP contribution in [0.15, 0.2) is 53.3 Å². The molecule has 1 aliphatic rings. The largest absolute Gasteiger partial charge is 0.497 e. The molecule has 8 heteroatoms. The van der Waals surface area contributed by atoms with Crippen LogP contribution in [-0.2, 0) is 13.1 Å². The van der Waals surface area contributed by atoms with E-state index >= 15 is 0 Å². The van der Waals surface area contributed by atoms with Crippen molar-refractivity contribution in [2.45, 2.75) is 32.0 Å². The molecule has 5 rings (SSSR count). The maximum atomic E-state index is 14.2. The molecular formula is C24H21F2N3O2S. The molecule has 0 bridgehead atoms. The first-order valence-electron chi connectivity index (χ1n) is 10.4. The minimum Gasteiger partial charge on any atom is -0.497 e. The van der Waals surface area contributed by atoms with Crippen molar-refractivity contribution in [3.8, 4) is 16.2 Å². The van der Waals surface area contributed by atoms with Gasteiger partial charge in [-0.15, -0.1) is 11.3 Å². The predicted octanol–water partition coefficient (Wildman–Crippen LogP) is 5.10. The monoisotopic (exact) mass is 453 g/mol. The van der Waals surface area contributed by atoms with Crippen LogP contribution in [0.2, 0.25) is 0 Å². The summed E-state index contributed by atoms with van der Waals surface area (Å²) in [5.41, 5.74) is 1.88. The minimum absolute atomic E-state index is 0.182. The highest BCUT2D eigenvalue weighted by atomic mass is 32.1. The molecule has 0 aliphatic heterocycles. The van der Waals surface area contributed by atoms with Crippen molar-refractivity contribution in [2.24, 2.45) is 0 Å². The third kappa shape index (κ3) is 4.28. The molecule has 164 valence electrons. The fourth-order valence-corrected chi connectivity index (χ4v) is 4.77. The maximum absolute atomic E-state index is 14.2. The molecule has 0 radical (unpaired) electrons. The van der Waals surface area contributed by atoms with E-state index in [4.69, 9.17) is 4.74 Å². The van der Waals surface area contributed by atoms with E-state index in [0.717, 1.165) is 35.1 Å². The van der Waals surface area contributed by atoms with Gasteiger partial charge < -0.3 is 9.72 Å². The number of thiophene rings is 1. The number of fused-ring (bicyclic) bond motifs is 1. The third-order valence-electron chi connectivity index (χ3n) is 5.61. The molecule has 5 nitrogen and oxygen atoms in total. The molecule has 2 aromatic heterocycles. The molecule has 32 heavy (non-hydrogen) atoms. The van der Waals surface area contributed by atoms with Crippen LogP contribution in [0, 0.1) is 11.6 Å². The van der Waals surface area contributed by atoms with E-state index < -0.39 is 11.6 Å². The lowest BCUT2D eigenvalue weighted by Crippen LogP contribution is -2.27. The van der Waals surface area contributed by atoms with Gasteiger partial charge in [0.25, 0.3) is 5.56 Å². The van der Waals surface area contributed by atoms with Crippen molar-refractivity contribution in [1.82, 2.24) is 14.9 Å². The standard InChI is InChI=1S/C24H21F2N3O2S/c1-31-18-8-3-14(4-9-18)21-11-20-23(32-21)24(30)28-22(27-20)13-29(17-6-7-17)12-15-2-5-16(25)10-19(15)26/h2-5,8-11,17H,6-7,12-13H2,1H3,(H,27,28,30). The van der Waals surface area contributed by atoms with Gasteiger partial charge in [0, 0.05) is 29.1 Å². The van der Waals surface area contributed by atoms with E-state index in [1.807, 2.05) is 30.3 Å².